The number of carbonyl (C=O) groups is 2. The van der Waals surface area contributed by atoms with Crippen molar-refractivity contribution in [1.29, 1.82) is 0 Å². The molecule has 7 aliphatic carbocycles. The van der Waals surface area contributed by atoms with Crippen LogP contribution in [0.3, 0.4) is 0 Å². The van der Waals surface area contributed by atoms with Gasteiger partial charge in [0.05, 0.1) is 5.41 Å². The van der Waals surface area contributed by atoms with E-state index in [1.54, 1.807) is 6.92 Å². The number of fused-ring (bicyclic) bond motifs is 4. The van der Waals surface area contributed by atoms with Gasteiger partial charge in [-0.25, -0.2) is 0 Å². The first-order chi connectivity index (χ1) is 22.8. The molecule has 2 spiro atoms. The molecule has 8 rings (SSSR count). The van der Waals surface area contributed by atoms with Crippen LogP contribution in [0.2, 0.25) is 0 Å². The van der Waals surface area contributed by atoms with Gasteiger partial charge in [0.1, 0.15) is 6.10 Å². The number of allylic oxidation sites excluding steroid dienone is 1. The molecule has 1 aliphatic heterocycles. The van der Waals surface area contributed by atoms with Gasteiger partial charge in [-0.1, -0.05) is 39.8 Å². The number of esters is 1. The molecule has 0 aromatic carbocycles. The summed E-state index contributed by atoms with van der Waals surface area (Å²) in [6.07, 6.45) is 19.8. The van der Waals surface area contributed by atoms with E-state index in [4.69, 9.17) is 4.74 Å². The Kier molecular flexibility index (Phi) is 8.14. The third-order valence-electron chi connectivity index (χ3n) is 17.7. The highest BCUT2D eigenvalue weighted by atomic mass is 16.5. The van der Waals surface area contributed by atoms with Crippen molar-refractivity contribution in [1.82, 2.24) is 10.2 Å². The average Bonchev–Trinajstić information content (AvgIpc) is 3.26. The lowest BCUT2D eigenvalue weighted by Crippen LogP contribution is -2.61. The number of likely N-dealkylation sites (tertiary alicyclic amines) is 1. The van der Waals surface area contributed by atoms with Crippen LogP contribution in [0.1, 0.15) is 144 Å². The van der Waals surface area contributed by atoms with Crippen LogP contribution in [0.25, 0.3) is 0 Å². The molecule has 13 atom stereocenters. The van der Waals surface area contributed by atoms with E-state index in [0.29, 0.717) is 51.9 Å². The van der Waals surface area contributed by atoms with Crippen molar-refractivity contribution >= 4 is 11.9 Å². The molecule has 0 bridgehead atoms. The van der Waals surface area contributed by atoms with Crippen molar-refractivity contribution in [3.63, 3.8) is 0 Å². The van der Waals surface area contributed by atoms with E-state index >= 15 is 0 Å². The van der Waals surface area contributed by atoms with E-state index in [9.17, 15) is 9.59 Å². The van der Waals surface area contributed by atoms with Crippen LogP contribution >= 0.6 is 0 Å². The number of carbonyl (C=O) groups excluding carboxylic acids is 2. The predicted molar refractivity (Wildman–Crippen MR) is 192 cm³/mol. The fourth-order valence-electron chi connectivity index (χ4n) is 15.9. The van der Waals surface area contributed by atoms with Gasteiger partial charge in [-0.15, -0.1) is 0 Å². The monoisotopic (exact) mass is 661 g/mol. The SMILES string of the molecule is C=C(C)[C@@H]1CC[C@]2(C(=O)NC3CCC(CN4CCCC(C)C4)C3)CC[C@@]34C[C@]35CC[C@H]3C(C)(C)C(OC(C)=O)CC[C@]3(C)[C@H]5CC[C@@H]4[C@@H]12. The summed E-state index contributed by atoms with van der Waals surface area (Å²) >= 11 is 0. The number of nitrogens with zero attached hydrogens (tertiary/aromatic N) is 1. The Morgan fingerprint density at radius 1 is 0.875 bits per heavy atom. The Hall–Kier alpha value is -1.36. The van der Waals surface area contributed by atoms with Gasteiger partial charge in [0.2, 0.25) is 5.91 Å². The Bertz CT molecular complexity index is 1320. The van der Waals surface area contributed by atoms with E-state index in [2.05, 4.69) is 51.4 Å². The highest BCUT2D eigenvalue weighted by molar-refractivity contribution is 5.84. The number of nitrogens with one attached hydrogen (secondary N) is 1. The van der Waals surface area contributed by atoms with Crippen molar-refractivity contribution in [3.05, 3.63) is 12.2 Å². The molecule has 0 aromatic rings. The molecule has 1 heterocycles. The Morgan fingerprint density at radius 3 is 2.44 bits per heavy atom. The maximum Gasteiger partial charge on any atom is 0.302 e. The number of hydrogen-bond donors (Lipinski definition) is 1. The summed E-state index contributed by atoms with van der Waals surface area (Å²) in [6, 6.07) is 0.364. The van der Waals surface area contributed by atoms with Crippen molar-refractivity contribution in [3.8, 4) is 0 Å². The lowest BCUT2D eigenvalue weighted by Gasteiger charge is -2.65. The minimum Gasteiger partial charge on any atom is -0.462 e. The predicted octanol–water partition coefficient (Wildman–Crippen LogP) is 8.96. The second-order valence-electron chi connectivity index (χ2n) is 20.3. The van der Waals surface area contributed by atoms with Crippen molar-refractivity contribution in [2.75, 3.05) is 19.6 Å². The minimum atomic E-state index is -0.193. The zero-order chi connectivity index (χ0) is 33.9. The van der Waals surface area contributed by atoms with Gasteiger partial charge in [0.25, 0.3) is 0 Å². The first-order valence-electron chi connectivity index (χ1n) is 20.6. The lowest BCUT2D eigenvalue weighted by molar-refractivity contribution is -0.198. The summed E-state index contributed by atoms with van der Waals surface area (Å²) in [7, 11) is 0. The molecule has 7 saturated carbocycles. The molecular weight excluding hydrogens is 592 g/mol. The number of ether oxygens (including phenoxy) is 1. The van der Waals surface area contributed by atoms with E-state index in [-0.39, 0.29) is 22.9 Å². The average molecular weight is 661 g/mol. The first-order valence-corrected chi connectivity index (χ1v) is 20.6. The normalized spacial score (nSPS) is 50.6. The van der Waals surface area contributed by atoms with Crippen LogP contribution in [0.15, 0.2) is 12.2 Å². The molecule has 8 fully saturated rings. The van der Waals surface area contributed by atoms with E-state index in [0.717, 1.165) is 49.9 Å². The van der Waals surface area contributed by atoms with Crippen LogP contribution in [0, 0.1) is 68.5 Å². The second kappa shape index (κ2) is 11.6. The van der Waals surface area contributed by atoms with Gasteiger partial charge < -0.3 is 15.0 Å². The van der Waals surface area contributed by atoms with Crippen molar-refractivity contribution in [2.45, 2.75) is 156 Å². The molecule has 8 aliphatic rings. The van der Waals surface area contributed by atoms with Crippen LogP contribution < -0.4 is 5.32 Å². The van der Waals surface area contributed by atoms with Crippen LogP contribution in [0.5, 0.6) is 0 Å². The van der Waals surface area contributed by atoms with Crippen molar-refractivity contribution in [2.24, 2.45) is 68.5 Å². The lowest BCUT2D eigenvalue weighted by atomic mass is 9.40. The molecule has 5 nitrogen and oxygen atoms in total. The summed E-state index contributed by atoms with van der Waals surface area (Å²) in [5, 5.41) is 3.77. The van der Waals surface area contributed by atoms with Gasteiger partial charge in [0, 0.05) is 31.5 Å². The highest BCUT2D eigenvalue weighted by Gasteiger charge is 2.82. The molecule has 1 N–H and O–H groups in total. The smallest absolute Gasteiger partial charge is 0.302 e. The van der Waals surface area contributed by atoms with E-state index < -0.39 is 0 Å². The minimum absolute atomic E-state index is 0.0148. The third kappa shape index (κ3) is 4.83. The zero-order valence-electron chi connectivity index (χ0n) is 31.5. The highest BCUT2D eigenvalue weighted by Crippen LogP contribution is 2.88. The third-order valence-corrected chi connectivity index (χ3v) is 17.7. The van der Waals surface area contributed by atoms with Gasteiger partial charge in [0.15, 0.2) is 0 Å². The Morgan fingerprint density at radius 2 is 1.69 bits per heavy atom. The Balaban J connectivity index is 1.00. The molecule has 48 heavy (non-hydrogen) atoms. The molecule has 0 aromatic heterocycles. The van der Waals surface area contributed by atoms with Gasteiger partial charge in [-0.05, 0) is 174 Å². The number of piperidine rings is 1. The largest absolute Gasteiger partial charge is 0.462 e. The van der Waals surface area contributed by atoms with Crippen LogP contribution in [-0.4, -0.2) is 48.6 Å². The second-order valence-corrected chi connectivity index (χ2v) is 20.3. The number of amides is 1. The molecular formula is C43H68N2O3. The Labute approximate surface area is 292 Å². The molecule has 0 radical (unpaired) electrons. The molecule has 1 saturated heterocycles. The number of rotatable bonds is 6. The summed E-state index contributed by atoms with van der Waals surface area (Å²) < 4.78 is 5.98. The summed E-state index contributed by atoms with van der Waals surface area (Å²) in [6.45, 7) is 22.1. The number of hydrogen-bond acceptors (Lipinski definition) is 4. The van der Waals surface area contributed by atoms with Gasteiger partial charge in [-0.3, -0.25) is 9.59 Å². The maximum absolute atomic E-state index is 14.8. The fourth-order valence-corrected chi connectivity index (χ4v) is 15.9. The fraction of sp³-hybridized carbons (Fsp3) is 0.907. The maximum atomic E-state index is 14.8. The quantitative estimate of drug-likeness (QED) is 0.228. The summed E-state index contributed by atoms with van der Waals surface area (Å²) in [5.74, 6) is 4.88. The standard InChI is InChI=1S/C43H68N2O3/c1-27(2)32-14-18-41(38(47)44-31-11-10-30(23-31)25-45-22-8-9-28(3)24-45)20-21-42-26-43(42)19-15-34-39(5,6)36(48-29(4)46)16-17-40(34,7)35(43)13-12-33(42)37(32)41/h28,30-37H,1,8-26H2,2-7H3,(H,44,47)/t28?,30?,31?,32-,33+,34-,35+,36?,37+,40-,41-,42-,43-/m0/s1. The molecule has 1 amide bonds. The molecule has 5 heteroatoms. The van der Waals surface area contributed by atoms with E-state index in [1.165, 1.54) is 95.8 Å². The molecule has 4 unspecified atom stereocenters. The van der Waals surface area contributed by atoms with Crippen molar-refractivity contribution < 1.29 is 14.3 Å². The van der Waals surface area contributed by atoms with Gasteiger partial charge >= 0.3 is 5.97 Å². The zero-order valence-corrected chi connectivity index (χ0v) is 31.5. The summed E-state index contributed by atoms with van der Waals surface area (Å²) in [5.41, 5.74) is 2.36. The van der Waals surface area contributed by atoms with E-state index in [1.807, 2.05) is 0 Å². The molecule has 268 valence electrons. The summed E-state index contributed by atoms with van der Waals surface area (Å²) in [4.78, 5) is 29.5. The van der Waals surface area contributed by atoms with Gasteiger partial charge in [-0.2, -0.15) is 0 Å². The van der Waals surface area contributed by atoms with Crippen LogP contribution in [0.4, 0.5) is 0 Å². The first kappa shape index (κ1) is 33.8. The van der Waals surface area contributed by atoms with Crippen LogP contribution in [-0.2, 0) is 14.3 Å². The topological polar surface area (TPSA) is 58.6 Å².